The number of esters is 1. The molecular weight excluding hydrogens is 397 g/mol. The summed E-state index contributed by atoms with van der Waals surface area (Å²) in [5.74, 6) is -1.64. The zero-order chi connectivity index (χ0) is 20.3. The maximum atomic E-state index is 12.1. The van der Waals surface area contributed by atoms with Crippen molar-refractivity contribution in [3.8, 4) is 0 Å². The van der Waals surface area contributed by atoms with Gasteiger partial charge in [0.15, 0.2) is 6.61 Å². The van der Waals surface area contributed by atoms with Gasteiger partial charge in [0.1, 0.15) is 5.69 Å². The fourth-order valence-corrected chi connectivity index (χ4v) is 2.74. The number of halogens is 2. The summed E-state index contributed by atoms with van der Waals surface area (Å²) in [5.41, 5.74) is 6.67. The molecule has 3 N–H and O–H groups in total. The average Bonchev–Trinajstić information content (AvgIpc) is 2.59. The van der Waals surface area contributed by atoms with E-state index in [1.807, 2.05) is 0 Å². The molecule has 27 heavy (non-hydrogen) atoms. The van der Waals surface area contributed by atoms with Gasteiger partial charge in [0, 0.05) is 11.1 Å². The Morgan fingerprint density at radius 2 is 1.93 bits per heavy atom. The molecule has 0 bridgehead atoms. The van der Waals surface area contributed by atoms with E-state index >= 15 is 0 Å². The first kappa shape index (κ1) is 20.5. The number of nitro groups is 1. The lowest BCUT2D eigenvalue weighted by atomic mass is 10.1. The fraction of sp³-hybridized carbons (Fsp3) is 0.176. The highest BCUT2D eigenvalue weighted by Crippen LogP contribution is 2.30. The number of nitrogens with zero attached hydrogens (tertiary/aromatic N) is 1. The van der Waals surface area contributed by atoms with Crippen LogP contribution in [0.1, 0.15) is 21.5 Å². The van der Waals surface area contributed by atoms with Gasteiger partial charge in [-0.2, -0.15) is 0 Å². The number of ether oxygens (including phenoxy) is 1. The molecule has 0 aliphatic carbocycles. The standard InChI is InChI=1S/C17H15Cl2N3O5/c1-8-3-4-13(22(25)26)16(9(8)2)21-14(23)7-27-17(24)11-5-10(18)6-12(19)15(11)20/h3-6H,7,20H2,1-2H3,(H,21,23). The molecule has 0 aliphatic heterocycles. The molecule has 0 aliphatic rings. The van der Waals surface area contributed by atoms with E-state index in [1.54, 1.807) is 19.9 Å². The third-order valence-electron chi connectivity index (χ3n) is 3.82. The summed E-state index contributed by atoms with van der Waals surface area (Å²) in [6, 6.07) is 5.49. The Kier molecular flexibility index (Phi) is 6.24. The normalized spacial score (nSPS) is 10.4. The topological polar surface area (TPSA) is 125 Å². The van der Waals surface area contributed by atoms with Crippen LogP contribution in [0.3, 0.4) is 0 Å². The van der Waals surface area contributed by atoms with Crippen molar-refractivity contribution in [3.63, 3.8) is 0 Å². The van der Waals surface area contributed by atoms with Gasteiger partial charge in [-0.1, -0.05) is 29.3 Å². The number of nitrogen functional groups attached to an aromatic ring is 1. The molecule has 0 unspecified atom stereocenters. The van der Waals surface area contributed by atoms with Crippen molar-refractivity contribution in [1.82, 2.24) is 0 Å². The molecule has 0 radical (unpaired) electrons. The largest absolute Gasteiger partial charge is 0.452 e. The van der Waals surface area contributed by atoms with Gasteiger partial charge in [-0.25, -0.2) is 4.79 Å². The van der Waals surface area contributed by atoms with Gasteiger partial charge >= 0.3 is 5.97 Å². The highest BCUT2D eigenvalue weighted by atomic mass is 35.5. The van der Waals surface area contributed by atoms with E-state index in [0.717, 1.165) is 5.56 Å². The van der Waals surface area contributed by atoms with Gasteiger partial charge in [-0.3, -0.25) is 14.9 Å². The number of hydrogen-bond acceptors (Lipinski definition) is 6. The minimum absolute atomic E-state index is 0.0309. The summed E-state index contributed by atoms with van der Waals surface area (Å²) < 4.78 is 4.91. The number of benzene rings is 2. The van der Waals surface area contributed by atoms with Crippen molar-refractivity contribution in [2.45, 2.75) is 13.8 Å². The number of aryl methyl sites for hydroxylation is 1. The van der Waals surface area contributed by atoms with Crippen molar-refractivity contribution < 1.29 is 19.2 Å². The molecule has 2 aromatic carbocycles. The molecule has 0 atom stereocenters. The van der Waals surface area contributed by atoms with Crippen LogP contribution >= 0.6 is 23.2 Å². The summed E-state index contributed by atoms with van der Waals surface area (Å²) >= 11 is 11.7. The van der Waals surface area contributed by atoms with Gasteiger partial charge in [0.05, 0.1) is 21.2 Å². The highest BCUT2D eigenvalue weighted by molar-refractivity contribution is 6.37. The number of amides is 1. The summed E-state index contributed by atoms with van der Waals surface area (Å²) in [6.45, 7) is 2.71. The second-order valence-electron chi connectivity index (χ2n) is 5.63. The zero-order valence-corrected chi connectivity index (χ0v) is 15.9. The Labute approximate surface area is 164 Å². The van der Waals surface area contributed by atoms with Gasteiger partial charge in [0.2, 0.25) is 0 Å². The number of hydrogen-bond donors (Lipinski definition) is 2. The first-order chi connectivity index (χ1) is 12.6. The lowest BCUT2D eigenvalue weighted by Crippen LogP contribution is -2.22. The second kappa shape index (κ2) is 8.24. The Hall–Kier alpha value is -2.84. The Morgan fingerprint density at radius 3 is 2.56 bits per heavy atom. The molecule has 142 valence electrons. The number of rotatable bonds is 5. The maximum absolute atomic E-state index is 12.1. The fourth-order valence-electron chi connectivity index (χ4n) is 2.25. The molecule has 10 heteroatoms. The first-order valence-electron chi connectivity index (χ1n) is 7.58. The van der Waals surface area contributed by atoms with E-state index < -0.39 is 23.4 Å². The number of nitrogens with two attached hydrogens (primary N) is 1. The molecular formula is C17H15Cl2N3O5. The van der Waals surface area contributed by atoms with Crippen LogP contribution in [-0.4, -0.2) is 23.4 Å². The Bertz CT molecular complexity index is 947. The molecule has 2 aromatic rings. The smallest absolute Gasteiger partial charge is 0.340 e. The van der Waals surface area contributed by atoms with E-state index in [2.05, 4.69) is 5.32 Å². The van der Waals surface area contributed by atoms with Crippen LogP contribution in [0.15, 0.2) is 24.3 Å². The van der Waals surface area contributed by atoms with E-state index in [0.29, 0.717) is 5.56 Å². The lowest BCUT2D eigenvalue weighted by molar-refractivity contribution is -0.384. The van der Waals surface area contributed by atoms with Crippen LogP contribution in [0.5, 0.6) is 0 Å². The number of carbonyl (C=O) groups excluding carboxylic acids is 2. The van der Waals surface area contributed by atoms with Crippen LogP contribution in [-0.2, 0) is 9.53 Å². The lowest BCUT2D eigenvalue weighted by Gasteiger charge is -2.12. The molecule has 0 saturated heterocycles. The van der Waals surface area contributed by atoms with E-state index in [1.165, 1.54) is 18.2 Å². The minimum Gasteiger partial charge on any atom is -0.452 e. The van der Waals surface area contributed by atoms with Crippen molar-refractivity contribution >= 4 is 52.1 Å². The van der Waals surface area contributed by atoms with Crippen molar-refractivity contribution in [1.29, 1.82) is 0 Å². The average molecular weight is 412 g/mol. The number of carbonyl (C=O) groups is 2. The quantitative estimate of drug-likeness (QED) is 0.332. The van der Waals surface area contributed by atoms with Crippen LogP contribution in [0.2, 0.25) is 10.0 Å². The highest BCUT2D eigenvalue weighted by Gasteiger charge is 2.21. The van der Waals surface area contributed by atoms with Crippen molar-refractivity contribution in [2.24, 2.45) is 0 Å². The molecule has 0 heterocycles. The van der Waals surface area contributed by atoms with Crippen LogP contribution in [0, 0.1) is 24.0 Å². The predicted molar refractivity (Wildman–Crippen MR) is 102 cm³/mol. The number of nitro benzene ring substituents is 1. The number of anilines is 2. The van der Waals surface area contributed by atoms with Gasteiger partial charge in [-0.15, -0.1) is 0 Å². The zero-order valence-electron chi connectivity index (χ0n) is 14.3. The molecule has 8 nitrogen and oxygen atoms in total. The maximum Gasteiger partial charge on any atom is 0.340 e. The van der Waals surface area contributed by atoms with E-state index in [-0.39, 0.29) is 32.7 Å². The van der Waals surface area contributed by atoms with E-state index in [4.69, 9.17) is 33.7 Å². The molecule has 2 rings (SSSR count). The molecule has 1 amide bonds. The third kappa shape index (κ3) is 4.66. The SMILES string of the molecule is Cc1ccc([N+](=O)[O-])c(NC(=O)COC(=O)c2cc(Cl)cc(Cl)c2N)c1C. The molecule has 0 fully saturated rings. The van der Waals surface area contributed by atoms with Crippen molar-refractivity contribution in [2.75, 3.05) is 17.7 Å². The third-order valence-corrected chi connectivity index (χ3v) is 4.35. The molecule has 0 aromatic heterocycles. The van der Waals surface area contributed by atoms with Crippen molar-refractivity contribution in [3.05, 3.63) is 61.1 Å². The van der Waals surface area contributed by atoms with E-state index in [9.17, 15) is 19.7 Å². The summed E-state index contributed by atoms with van der Waals surface area (Å²) in [4.78, 5) is 34.8. The van der Waals surface area contributed by atoms with Crippen LogP contribution in [0.4, 0.5) is 17.1 Å². The predicted octanol–water partition coefficient (Wildman–Crippen LogP) is 3.90. The van der Waals surface area contributed by atoms with Gasteiger partial charge < -0.3 is 15.8 Å². The van der Waals surface area contributed by atoms with Gasteiger partial charge in [-0.05, 0) is 37.1 Å². The summed E-state index contributed by atoms with van der Waals surface area (Å²) in [6.07, 6.45) is 0. The van der Waals surface area contributed by atoms with Crippen LogP contribution < -0.4 is 11.1 Å². The molecule has 0 spiro atoms. The van der Waals surface area contributed by atoms with Crippen LogP contribution in [0.25, 0.3) is 0 Å². The second-order valence-corrected chi connectivity index (χ2v) is 6.48. The summed E-state index contributed by atoms with van der Waals surface area (Å²) in [7, 11) is 0. The first-order valence-corrected chi connectivity index (χ1v) is 8.33. The minimum atomic E-state index is -0.900. The Morgan fingerprint density at radius 1 is 1.26 bits per heavy atom. The van der Waals surface area contributed by atoms with Gasteiger partial charge in [0.25, 0.3) is 11.6 Å². The summed E-state index contributed by atoms with van der Waals surface area (Å²) in [5, 5.41) is 13.8. The number of nitrogens with one attached hydrogen (secondary N) is 1. The molecule has 0 saturated carbocycles. The monoisotopic (exact) mass is 411 g/mol. The Balaban J connectivity index is 2.13.